The van der Waals surface area contributed by atoms with Crippen molar-refractivity contribution < 1.29 is 32.6 Å². The number of halogens is 2. The SMILES string of the molecule is CNC(=O)c1cc(C(=O)NCCCC2CCN(C(=O)OC(C)(C)C)CC2(F)F)cc2c1OC(C)C2. The number of piperidine rings is 1. The van der Waals surface area contributed by atoms with E-state index in [0.29, 0.717) is 29.7 Å². The zero-order valence-corrected chi connectivity index (χ0v) is 21.0. The first-order chi connectivity index (χ1) is 16.3. The van der Waals surface area contributed by atoms with Crippen molar-refractivity contribution in [2.45, 2.75) is 71.0 Å². The number of fused-ring (bicyclic) bond motifs is 1. The Bertz CT molecular complexity index is 977. The van der Waals surface area contributed by atoms with E-state index in [9.17, 15) is 23.2 Å². The second-order valence-corrected chi connectivity index (χ2v) is 10.3. The molecule has 0 bridgehead atoms. The summed E-state index contributed by atoms with van der Waals surface area (Å²) in [5.74, 6) is -4.13. The van der Waals surface area contributed by atoms with Gasteiger partial charge in [0.05, 0.1) is 12.1 Å². The fourth-order valence-electron chi connectivity index (χ4n) is 4.44. The normalized spacial score (nSPS) is 21.1. The summed E-state index contributed by atoms with van der Waals surface area (Å²) in [7, 11) is 1.51. The molecule has 2 atom stereocenters. The van der Waals surface area contributed by atoms with Gasteiger partial charge in [-0.3, -0.25) is 9.59 Å². The van der Waals surface area contributed by atoms with Crippen LogP contribution in [0.2, 0.25) is 0 Å². The Morgan fingerprint density at radius 3 is 2.57 bits per heavy atom. The van der Waals surface area contributed by atoms with Gasteiger partial charge in [-0.2, -0.15) is 0 Å². The van der Waals surface area contributed by atoms with Crippen LogP contribution >= 0.6 is 0 Å². The van der Waals surface area contributed by atoms with Gasteiger partial charge in [0.1, 0.15) is 17.5 Å². The van der Waals surface area contributed by atoms with Gasteiger partial charge in [-0.1, -0.05) is 0 Å². The fourth-order valence-corrected chi connectivity index (χ4v) is 4.44. The van der Waals surface area contributed by atoms with Crippen LogP contribution in [0.3, 0.4) is 0 Å². The Hall–Kier alpha value is -2.91. The number of hydrogen-bond donors (Lipinski definition) is 2. The minimum atomic E-state index is -3.03. The van der Waals surface area contributed by atoms with Crippen LogP contribution in [-0.4, -0.2) is 67.1 Å². The summed E-state index contributed by atoms with van der Waals surface area (Å²) < 4.78 is 40.3. The average Bonchev–Trinajstić information content (AvgIpc) is 3.14. The topological polar surface area (TPSA) is 97.0 Å². The molecule has 3 amide bonds. The molecule has 8 nitrogen and oxygen atoms in total. The van der Waals surface area contributed by atoms with Crippen molar-refractivity contribution in [1.82, 2.24) is 15.5 Å². The van der Waals surface area contributed by atoms with Crippen LogP contribution in [0, 0.1) is 5.92 Å². The summed E-state index contributed by atoms with van der Waals surface area (Å²) in [6.45, 7) is 6.74. The molecular formula is C25H35F2N3O5. The highest BCUT2D eigenvalue weighted by Gasteiger charge is 2.46. The van der Waals surface area contributed by atoms with Crippen molar-refractivity contribution in [1.29, 1.82) is 0 Å². The van der Waals surface area contributed by atoms with E-state index in [1.807, 2.05) is 6.92 Å². The van der Waals surface area contributed by atoms with Gasteiger partial charge in [-0.15, -0.1) is 0 Å². The molecule has 1 saturated heterocycles. The maximum atomic E-state index is 14.7. The van der Waals surface area contributed by atoms with Crippen LogP contribution in [0.4, 0.5) is 13.6 Å². The summed E-state index contributed by atoms with van der Waals surface area (Å²) in [6, 6.07) is 3.20. The molecular weight excluding hydrogens is 460 g/mol. The zero-order valence-electron chi connectivity index (χ0n) is 21.0. The maximum absolute atomic E-state index is 14.7. The van der Waals surface area contributed by atoms with E-state index >= 15 is 0 Å². The van der Waals surface area contributed by atoms with Crippen LogP contribution in [0.1, 0.15) is 73.2 Å². The molecule has 1 fully saturated rings. The van der Waals surface area contributed by atoms with Crippen molar-refractivity contribution in [3.05, 3.63) is 28.8 Å². The molecule has 2 heterocycles. The van der Waals surface area contributed by atoms with Crippen molar-refractivity contribution in [3.63, 3.8) is 0 Å². The number of carbonyl (C=O) groups is 3. The highest BCUT2D eigenvalue weighted by Crippen LogP contribution is 2.36. The summed E-state index contributed by atoms with van der Waals surface area (Å²) in [5.41, 5.74) is 0.680. The van der Waals surface area contributed by atoms with Gasteiger partial charge >= 0.3 is 6.09 Å². The number of nitrogens with zero attached hydrogens (tertiary/aromatic N) is 1. The third kappa shape index (κ3) is 6.61. The molecule has 10 heteroatoms. The Morgan fingerprint density at radius 2 is 1.94 bits per heavy atom. The monoisotopic (exact) mass is 495 g/mol. The van der Waals surface area contributed by atoms with Crippen LogP contribution in [-0.2, 0) is 11.2 Å². The van der Waals surface area contributed by atoms with E-state index in [4.69, 9.17) is 9.47 Å². The van der Waals surface area contributed by atoms with Crippen LogP contribution in [0.25, 0.3) is 0 Å². The first kappa shape index (κ1) is 26.7. The number of carbonyl (C=O) groups excluding carboxylic acids is 3. The molecule has 1 aromatic rings. The van der Waals surface area contributed by atoms with E-state index in [-0.39, 0.29) is 43.8 Å². The fraction of sp³-hybridized carbons (Fsp3) is 0.640. The smallest absolute Gasteiger partial charge is 0.410 e. The quantitative estimate of drug-likeness (QED) is 0.586. The lowest BCUT2D eigenvalue weighted by molar-refractivity contribution is -0.112. The molecule has 0 spiro atoms. The predicted molar refractivity (Wildman–Crippen MR) is 126 cm³/mol. The second kappa shape index (κ2) is 10.4. The number of likely N-dealkylation sites (tertiary alicyclic amines) is 1. The third-order valence-electron chi connectivity index (χ3n) is 6.14. The number of amides is 3. The molecule has 2 aliphatic heterocycles. The Labute approximate surface area is 204 Å². The minimum Gasteiger partial charge on any atom is -0.489 e. The number of ether oxygens (including phenoxy) is 2. The number of rotatable bonds is 6. The van der Waals surface area contributed by atoms with Crippen LogP contribution in [0.15, 0.2) is 12.1 Å². The first-order valence-electron chi connectivity index (χ1n) is 12.0. The maximum Gasteiger partial charge on any atom is 0.410 e. The van der Waals surface area contributed by atoms with E-state index < -0.39 is 30.1 Å². The number of hydrogen-bond acceptors (Lipinski definition) is 5. The van der Waals surface area contributed by atoms with Gasteiger partial charge in [0.25, 0.3) is 17.7 Å². The molecule has 194 valence electrons. The van der Waals surface area contributed by atoms with Gasteiger partial charge < -0.3 is 25.0 Å². The molecule has 2 aliphatic rings. The molecule has 35 heavy (non-hydrogen) atoms. The Kier molecular flexibility index (Phi) is 7.91. The molecule has 0 saturated carbocycles. The number of benzene rings is 1. The largest absolute Gasteiger partial charge is 0.489 e. The van der Waals surface area contributed by atoms with E-state index in [0.717, 1.165) is 10.5 Å². The zero-order chi connectivity index (χ0) is 26.0. The molecule has 0 aliphatic carbocycles. The number of nitrogens with one attached hydrogen (secondary N) is 2. The highest BCUT2D eigenvalue weighted by atomic mass is 19.3. The van der Waals surface area contributed by atoms with Gasteiger partial charge in [0.2, 0.25) is 0 Å². The van der Waals surface area contributed by atoms with Gasteiger partial charge in [0.15, 0.2) is 0 Å². The lowest BCUT2D eigenvalue weighted by atomic mass is 9.88. The van der Waals surface area contributed by atoms with Crippen LogP contribution < -0.4 is 15.4 Å². The lowest BCUT2D eigenvalue weighted by Crippen LogP contribution is -2.51. The van der Waals surface area contributed by atoms with E-state index in [1.54, 1.807) is 26.8 Å². The lowest BCUT2D eigenvalue weighted by Gasteiger charge is -2.38. The Morgan fingerprint density at radius 1 is 1.23 bits per heavy atom. The van der Waals surface area contributed by atoms with E-state index in [1.165, 1.54) is 13.1 Å². The van der Waals surface area contributed by atoms with Crippen molar-refractivity contribution >= 4 is 17.9 Å². The molecule has 3 rings (SSSR count). The van der Waals surface area contributed by atoms with Crippen molar-refractivity contribution in [2.75, 3.05) is 26.7 Å². The molecule has 0 radical (unpaired) electrons. The van der Waals surface area contributed by atoms with Crippen molar-refractivity contribution in [2.24, 2.45) is 5.92 Å². The summed E-state index contributed by atoms with van der Waals surface area (Å²) >= 11 is 0. The Balaban J connectivity index is 1.52. The van der Waals surface area contributed by atoms with E-state index in [2.05, 4.69) is 10.6 Å². The summed E-state index contributed by atoms with van der Waals surface area (Å²) in [6.07, 6.45) is 0.527. The van der Waals surface area contributed by atoms with Crippen LogP contribution in [0.5, 0.6) is 5.75 Å². The standard InChI is InChI=1S/C25H35F2N3O5/c1-15-11-16-12-17(13-19(20(16)34-15)22(32)28-5)21(31)29-9-6-7-18-8-10-30(14-25(18,26)27)23(33)35-24(2,3)4/h12-13,15,18H,6-11,14H2,1-5H3,(H,28,32)(H,29,31). The second-order valence-electron chi connectivity index (χ2n) is 10.3. The molecule has 2 N–H and O–H groups in total. The molecule has 1 aromatic carbocycles. The van der Waals surface area contributed by atoms with Gasteiger partial charge in [0, 0.05) is 38.0 Å². The minimum absolute atomic E-state index is 0.0879. The van der Waals surface area contributed by atoms with Gasteiger partial charge in [-0.25, -0.2) is 13.6 Å². The summed E-state index contributed by atoms with van der Waals surface area (Å²) in [4.78, 5) is 38.2. The first-order valence-corrected chi connectivity index (χ1v) is 12.0. The highest BCUT2D eigenvalue weighted by molar-refractivity contribution is 6.02. The predicted octanol–water partition coefficient (Wildman–Crippen LogP) is 3.77. The number of alkyl halides is 2. The van der Waals surface area contributed by atoms with Crippen molar-refractivity contribution in [3.8, 4) is 5.75 Å². The third-order valence-corrected chi connectivity index (χ3v) is 6.14. The summed E-state index contributed by atoms with van der Waals surface area (Å²) in [5, 5.41) is 5.32. The average molecular weight is 496 g/mol. The molecule has 2 unspecified atom stereocenters. The van der Waals surface area contributed by atoms with Gasteiger partial charge in [-0.05, 0) is 64.7 Å². The molecule has 0 aromatic heterocycles.